The first kappa shape index (κ1) is 19.0. The van der Waals surface area contributed by atoms with E-state index < -0.39 is 16.1 Å². The van der Waals surface area contributed by atoms with E-state index in [0.29, 0.717) is 5.75 Å². The van der Waals surface area contributed by atoms with Gasteiger partial charge >= 0.3 is 5.97 Å². The van der Waals surface area contributed by atoms with E-state index in [1.165, 1.54) is 12.1 Å². The zero-order valence-electron chi connectivity index (χ0n) is 14.1. The monoisotopic (exact) mass is 364 g/mol. The van der Waals surface area contributed by atoms with E-state index in [1.54, 1.807) is 50.2 Å². The summed E-state index contributed by atoms with van der Waals surface area (Å²) >= 11 is 0. The number of para-hydroxylation sites is 1. The lowest BCUT2D eigenvalue weighted by Crippen LogP contribution is -2.14. The second-order valence-electron chi connectivity index (χ2n) is 5.16. The molecule has 0 fully saturated rings. The summed E-state index contributed by atoms with van der Waals surface area (Å²) in [5.74, 6) is -0.177. The highest BCUT2D eigenvalue weighted by Gasteiger charge is 2.16. The van der Waals surface area contributed by atoms with Gasteiger partial charge in [0.15, 0.2) is 0 Å². The lowest BCUT2D eigenvalue weighted by atomic mass is 10.2. The standard InChI is InChI=1S/C18H20O6S/c1-3-22-18(19)16-9-4-5-10-17(16)23-11-12-24-25(20,21)15-8-6-7-14(2)13-15/h4-10,13H,3,11-12H2,1-2H3. The van der Waals surface area contributed by atoms with Crippen LogP contribution in [0.1, 0.15) is 22.8 Å². The molecule has 134 valence electrons. The highest BCUT2D eigenvalue weighted by atomic mass is 32.2. The zero-order valence-corrected chi connectivity index (χ0v) is 14.9. The van der Waals surface area contributed by atoms with Crippen molar-refractivity contribution in [1.29, 1.82) is 0 Å². The van der Waals surface area contributed by atoms with Crippen LogP contribution in [0.25, 0.3) is 0 Å². The summed E-state index contributed by atoms with van der Waals surface area (Å²) in [5, 5.41) is 0. The van der Waals surface area contributed by atoms with Crippen molar-refractivity contribution in [3.05, 3.63) is 59.7 Å². The van der Waals surface area contributed by atoms with Crippen molar-refractivity contribution in [2.24, 2.45) is 0 Å². The van der Waals surface area contributed by atoms with Crippen LogP contribution in [0.15, 0.2) is 53.4 Å². The quantitative estimate of drug-likeness (QED) is 0.407. The van der Waals surface area contributed by atoms with E-state index in [4.69, 9.17) is 13.7 Å². The maximum Gasteiger partial charge on any atom is 0.341 e. The van der Waals surface area contributed by atoms with Crippen molar-refractivity contribution in [3.8, 4) is 5.75 Å². The van der Waals surface area contributed by atoms with E-state index in [-0.39, 0.29) is 30.3 Å². The van der Waals surface area contributed by atoms with Crippen molar-refractivity contribution in [2.45, 2.75) is 18.7 Å². The van der Waals surface area contributed by atoms with Crippen molar-refractivity contribution >= 4 is 16.1 Å². The molecule has 25 heavy (non-hydrogen) atoms. The minimum atomic E-state index is -3.84. The molecule has 0 spiro atoms. The predicted molar refractivity (Wildman–Crippen MR) is 92.2 cm³/mol. The topological polar surface area (TPSA) is 78.9 Å². The number of rotatable bonds is 8. The van der Waals surface area contributed by atoms with Gasteiger partial charge in [0.05, 0.1) is 11.5 Å². The molecule has 0 amide bonds. The largest absolute Gasteiger partial charge is 0.490 e. The third kappa shape index (κ3) is 5.30. The van der Waals surface area contributed by atoms with E-state index in [2.05, 4.69) is 0 Å². The second kappa shape index (κ2) is 8.64. The van der Waals surface area contributed by atoms with Crippen molar-refractivity contribution in [3.63, 3.8) is 0 Å². The first-order valence-electron chi connectivity index (χ1n) is 7.79. The average molecular weight is 364 g/mol. The molecule has 0 aliphatic carbocycles. The molecule has 0 atom stereocenters. The number of esters is 1. The average Bonchev–Trinajstić information content (AvgIpc) is 2.59. The summed E-state index contributed by atoms with van der Waals surface area (Å²) in [4.78, 5) is 11.9. The highest BCUT2D eigenvalue weighted by molar-refractivity contribution is 7.86. The Balaban J connectivity index is 1.94. The molecule has 0 saturated carbocycles. The summed E-state index contributed by atoms with van der Waals surface area (Å²) in [6, 6.07) is 13.1. The van der Waals surface area contributed by atoms with Crippen LogP contribution in [0.3, 0.4) is 0 Å². The third-order valence-corrected chi connectivity index (χ3v) is 4.55. The molecule has 0 bridgehead atoms. The second-order valence-corrected chi connectivity index (χ2v) is 6.77. The molecule has 0 saturated heterocycles. The van der Waals surface area contributed by atoms with Gasteiger partial charge in [-0.05, 0) is 43.7 Å². The third-order valence-electron chi connectivity index (χ3n) is 3.24. The maximum absolute atomic E-state index is 12.1. The Morgan fingerprint density at radius 3 is 2.52 bits per heavy atom. The number of carbonyl (C=O) groups excluding carboxylic acids is 1. The molecule has 2 aromatic rings. The van der Waals surface area contributed by atoms with Gasteiger partial charge in [0, 0.05) is 0 Å². The molecule has 2 rings (SSSR count). The Kier molecular flexibility index (Phi) is 6.55. The molecular weight excluding hydrogens is 344 g/mol. The first-order valence-corrected chi connectivity index (χ1v) is 9.20. The maximum atomic E-state index is 12.1. The van der Waals surface area contributed by atoms with Gasteiger partial charge in [0.1, 0.15) is 24.5 Å². The van der Waals surface area contributed by atoms with E-state index >= 15 is 0 Å². The minimum Gasteiger partial charge on any atom is -0.490 e. The molecule has 0 unspecified atom stereocenters. The van der Waals surface area contributed by atoms with Gasteiger partial charge in [-0.15, -0.1) is 0 Å². The zero-order chi connectivity index (χ0) is 18.3. The van der Waals surface area contributed by atoms with Crippen LogP contribution in [0.5, 0.6) is 5.75 Å². The smallest absolute Gasteiger partial charge is 0.341 e. The molecule has 0 N–H and O–H groups in total. The highest BCUT2D eigenvalue weighted by Crippen LogP contribution is 2.19. The molecule has 6 nitrogen and oxygen atoms in total. The number of aryl methyl sites for hydroxylation is 1. The van der Waals surface area contributed by atoms with E-state index in [9.17, 15) is 13.2 Å². The number of hydrogen-bond acceptors (Lipinski definition) is 6. The number of ether oxygens (including phenoxy) is 2. The minimum absolute atomic E-state index is 0.0263. The van der Waals surface area contributed by atoms with Crippen molar-refractivity contribution in [1.82, 2.24) is 0 Å². The molecule has 7 heteroatoms. The first-order chi connectivity index (χ1) is 11.9. The van der Waals surface area contributed by atoms with Crippen LogP contribution >= 0.6 is 0 Å². The van der Waals surface area contributed by atoms with Crippen LogP contribution in [-0.4, -0.2) is 34.2 Å². The summed E-state index contributed by atoms with van der Waals surface area (Å²) in [7, 11) is -3.84. The Labute approximate surface area is 147 Å². The van der Waals surface area contributed by atoms with Crippen LogP contribution in [0, 0.1) is 6.92 Å². The molecule has 0 aliphatic rings. The predicted octanol–water partition coefficient (Wildman–Crippen LogP) is 2.96. The molecule has 0 radical (unpaired) electrons. The normalized spacial score (nSPS) is 11.1. The fourth-order valence-corrected chi connectivity index (χ4v) is 3.10. The molecular formula is C18H20O6S. The van der Waals surface area contributed by atoms with Gasteiger partial charge in [-0.3, -0.25) is 4.18 Å². The van der Waals surface area contributed by atoms with Gasteiger partial charge in [-0.2, -0.15) is 8.42 Å². The van der Waals surface area contributed by atoms with Crippen LogP contribution in [0.4, 0.5) is 0 Å². The van der Waals surface area contributed by atoms with Gasteiger partial charge in [-0.1, -0.05) is 24.3 Å². The number of hydrogen-bond donors (Lipinski definition) is 0. The number of carbonyl (C=O) groups is 1. The van der Waals surface area contributed by atoms with Crippen molar-refractivity contribution < 1.29 is 26.9 Å². The van der Waals surface area contributed by atoms with E-state index in [1.807, 2.05) is 0 Å². The fourth-order valence-electron chi connectivity index (χ4n) is 2.10. The summed E-state index contributed by atoms with van der Waals surface area (Å²) in [6.45, 7) is 3.57. The van der Waals surface area contributed by atoms with Gasteiger partial charge < -0.3 is 9.47 Å². The summed E-state index contributed by atoms with van der Waals surface area (Å²) < 4.78 is 39.6. The van der Waals surface area contributed by atoms with Crippen LogP contribution < -0.4 is 4.74 Å². The SMILES string of the molecule is CCOC(=O)c1ccccc1OCCOS(=O)(=O)c1cccc(C)c1. The summed E-state index contributed by atoms with van der Waals surface area (Å²) in [6.07, 6.45) is 0. The van der Waals surface area contributed by atoms with Gasteiger partial charge in [0.25, 0.3) is 10.1 Å². The Morgan fingerprint density at radius 1 is 1.04 bits per heavy atom. The Morgan fingerprint density at radius 2 is 1.80 bits per heavy atom. The molecule has 0 heterocycles. The summed E-state index contributed by atoms with van der Waals surface area (Å²) in [5.41, 5.74) is 1.11. The number of benzene rings is 2. The Bertz CT molecular complexity index is 829. The molecule has 0 aromatic heterocycles. The lowest BCUT2D eigenvalue weighted by molar-refractivity contribution is 0.0520. The van der Waals surface area contributed by atoms with Gasteiger partial charge in [-0.25, -0.2) is 4.79 Å². The van der Waals surface area contributed by atoms with E-state index in [0.717, 1.165) is 5.56 Å². The van der Waals surface area contributed by atoms with Crippen molar-refractivity contribution in [2.75, 3.05) is 19.8 Å². The van der Waals surface area contributed by atoms with Crippen LogP contribution in [-0.2, 0) is 19.0 Å². The molecule has 2 aromatic carbocycles. The molecule has 0 aliphatic heterocycles. The lowest BCUT2D eigenvalue weighted by Gasteiger charge is -2.11. The fraction of sp³-hybridized carbons (Fsp3) is 0.278. The Hall–Kier alpha value is -2.38. The van der Waals surface area contributed by atoms with Gasteiger partial charge in [0.2, 0.25) is 0 Å². The van der Waals surface area contributed by atoms with Crippen LogP contribution in [0.2, 0.25) is 0 Å².